The van der Waals surface area contributed by atoms with E-state index in [0.717, 1.165) is 42.2 Å². The fourth-order valence-electron chi connectivity index (χ4n) is 3.63. The van der Waals surface area contributed by atoms with Gasteiger partial charge in [-0.1, -0.05) is 55.7 Å². The third-order valence-electron chi connectivity index (χ3n) is 5.86. The first-order valence-electron chi connectivity index (χ1n) is 12.7. The van der Waals surface area contributed by atoms with E-state index >= 15 is 0 Å². The average Bonchev–Trinajstić information content (AvgIpc) is 2.91. The van der Waals surface area contributed by atoms with Crippen molar-refractivity contribution in [3.05, 3.63) is 94.7 Å². The molecule has 0 saturated carbocycles. The number of nitrogens with zero attached hydrogens (tertiary/aromatic N) is 4. The van der Waals surface area contributed by atoms with Gasteiger partial charge in [-0.2, -0.15) is 6.20 Å². The third-order valence-corrected chi connectivity index (χ3v) is 5.86. The fraction of sp³-hybridized carbons (Fsp3) is 0.400. The molecule has 7 heteroatoms. The van der Waals surface area contributed by atoms with E-state index in [2.05, 4.69) is 20.6 Å². The van der Waals surface area contributed by atoms with Gasteiger partial charge in [-0.25, -0.2) is 0 Å². The smallest absolute Gasteiger partial charge is 0.687 e. The molecule has 0 bridgehead atoms. The molecule has 2 aromatic carbocycles. The Morgan fingerprint density at radius 1 is 0.757 bits per heavy atom. The summed E-state index contributed by atoms with van der Waals surface area (Å²) in [4.78, 5) is 9.33. The Kier molecular flexibility index (Phi) is 16.0. The SMILES string of the molecule is C1=CC[N-]C=C1.C1CC[N-]CC1.CC(=NC(C)C(C)N=C(C)c1ccccc1O)c1ccccc1O.[Co+3]. The van der Waals surface area contributed by atoms with Gasteiger partial charge >= 0.3 is 16.8 Å². The van der Waals surface area contributed by atoms with Crippen LogP contribution in [0.25, 0.3) is 10.6 Å². The van der Waals surface area contributed by atoms with Gasteiger partial charge in [0.1, 0.15) is 11.5 Å². The monoisotopic (exact) mass is 547 g/mol. The van der Waals surface area contributed by atoms with Crippen LogP contribution >= 0.6 is 0 Å². The Hall–Kier alpha value is -2.87. The normalized spacial score (nSPS) is 16.5. The van der Waals surface area contributed by atoms with Crippen molar-refractivity contribution in [1.29, 1.82) is 0 Å². The molecular weight excluding hydrogens is 507 g/mol. The molecule has 2 aliphatic heterocycles. The van der Waals surface area contributed by atoms with Crippen LogP contribution in [0.2, 0.25) is 0 Å². The zero-order valence-electron chi connectivity index (χ0n) is 22.3. The topological polar surface area (TPSA) is 93.4 Å². The van der Waals surface area contributed by atoms with Gasteiger partial charge in [-0.3, -0.25) is 9.98 Å². The van der Waals surface area contributed by atoms with Crippen LogP contribution in [-0.4, -0.2) is 53.4 Å². The van der Waals surface area contributed by atoms with Crippen LogP contribution in [-0.2, 0) is 16.8 Å². The number of rotatable bonds is 5. The summed E-state index contributed by atoms with van der Waals surface area (Å²) in [5.74, 6) is 0.458. The van der Waals surface area contributed by atoms with E-state index in [9.17, 15) is 10.2 Å². The maximum Gasteiger partial charge on any atom is 3.00 e. The van der Waals surface area contributed by atoms with Gasteiger partial charge in [0.05, 0.1) is 12.1 Å². The molecule has 2 N–H and O–H groups in total. The van der Waals surface area contributed by atoms with Crippen molar-refractivity contribution in [2.75, 3.05) is 19.6 Å². The van der Waals surface area contributed by atoms with Crippen LogP contribution in [0.15, 0.2) is 82.9 Å². The Morgan fingerprint density at radius 3 is 1.51 bits per heavy atom. The van der Waals surface area contributed by atoms with Gasteiger partial charge in [0.2, 0.25) is 0 Å². The van der Waals surface area contributed by atoms with Crippen molar-refractivity contribution in [2.45, 2.75) is 59.0 Å². The summed E-state index contributed by atoms with van der Waals surface area (Å²) in [7, 11) is 0. The first-order chi connectivity index (χ1) is 17.4. The second-order valence-electron chi connectivity index (χ2n) is 8.81. The standard InChI is InChI=1S/C20H24N2O2.C5H10N.C5H6N.Co/c1-13(21-15(3)17-9-5-7-11-19(17)23)14(2)22-16(4)18-10-6-8-12-20(18)24;2*1-2-4-6-5-3-1;/h5-14,23-24H,1-4H3;1-5H2;1-4H,5H2;/q;2*-1;+3. The van der Waals surface area contributed by atoms with Crippen LogP contribution in [0.5, 0.6) is 11.5 Å². The minimum absolute atomic E-state index is 0. The maximum absolute atomic E-state index is 9.92. The molecule has 2 atom stereocenters. The summed E-state index contributed by atoms with van der Waals surface area (Å²) < 4.78 is 0. The van der Waals surface area contributed by atoms with Crippen LogP contribution < -0.4 is 0 Å². The number of benzene rings is 2. The number of phenolic OH excluding ortho intramolecular Hbond substituents is 2. The van der Waals surface area contributed by atoms with Crippen molar-refractivity contribution >= 4 is 11.4 Å². The summed E-state index contributed by atoms with van der Waals surface area (Å²) in [5, 5.41) is 27.9. The molecule has 0 radical (unpaired) electrons. The summed E-state index contributed by atoms with van der Waals surface area (Å²) >= 11 is 0. The van der Waals surface area contributed by atoms with E-state index in [-0.39, 0.29) is 40.4 Å². The Bertz CT molecular complexity index is 956. The molecule has 1 fully saturated rings. The number of piperidine rings is 1. The molecule has 0 aromatic heterocycles. The molecular formula is C30H40CoN4O2+. The van der Waals surface area contributed by atoms with E-state index in [1.807, 2.05) is 70.2 Å². The van der Waals surface area contributed by atoms with Crippen LogP contribution in [0.4, 0.5) is 0 Å². The van der Waals surface area contributed by atoms with E-state index in [1.165, 1.54) is 19.3 Å². The maximum atomic E-state index is 9.92. The molecule has 2 heterocycles. The Balaban J connectivity index is 0.000000427. The largest absolute Gasteiger partial charge is 3.00 e. The van der Waals surface area contributed by atoms with Gasteiger partial charge in [0.15, 0.2) is 0 Å². The molecule has 0 amide bonds. The minimum atomic E-state index is -0.0505. The van der Waals surface area contributed by atoms with Crippen molar-refractivity contribution in [1.82, 2.24) is 0 Å². The zero-order valence-corrected chi connectivity index (χ0v) is 23.4. The Labute approximate surface area is 232 Å². The van der Waals surface area contributed by atoms with Gasteiger partial charge in [-0.05, 0) is 52.0 Å². The summed E-state index contributed by atoms with van der Waals surface area (Å²) in [6.07, 6.45) is 11.8. The van der Waals surface area contributed by atoms with Crippen molar-refractivity contribution in [3.63, 3.8) is 0 Å². The van der Waals surface area contributed by atoms with Crippen LogP contribution in [0, 0.1) is 0 Å². The molecule has 1 saturated heterocycles. The van der Waals surface area contributed by atoms with Gasteiger partial charge in [0, 0.05) is 22.6 Å². The molecule has 0 aliphatic carbocycles. The van der Waals surface area contributed by atoms with Crippen LogP contribution in [0.3, 0.4) is 0 Å². The summed E-state index contributed by atoms with van der Waals surface area (Å²) in [6, 6.07) is 14.2. The molecule has 2 unspecified atom stereocenters. The molecule has 200 valence electrons. The summed E-state index contributed by atoms with van der Waals surface area (Å²) in [6.45, 7) is 10.9. The third kappa shape index (κ3) is 12.3. The Morgan fingerprint density at radius 2 is 1.24 bits per heavy atom. The molecule has 6 nitrogen and oxygen atoms in total. The molecule has 2 aromatic rings. The quantitative estimate of drug-likeness (QED) is 0.388. The molecule has 0 spiro atoms. The predicted molar refractivity (Wildman–Crippen MR) is 153 cm³/mol. The molecule has 37 heavy (non-hydrogen) atoms. The number of aliphatic imine (C=N–C) groups is 2. The van der Waals surface area contributed by atoms with Crippen molar-refractivity contribution in [2.24, 2.45) is 9.98 Å². The first kappa shape index (κ1) is 32.2. The predicted octanol–water partition coefficient (Wildman–Crippen LogP) is 7.18. The van der Waals surface area contributed by atoms with Gasteiger partial charge in [0.25, 0.3) is 0 Å². The van der Waals surface area contributed by atoms with E-state index < -0.39 is 0 Å². The number of hydrogen-bond donors (Lipinski definition) is 2. The second kappa shape index (κ2) is 18.4. The van der Waals surface area contributed by atoms with Gasteiger partial charge in [-0.15, -0.1) is 25.7 Å². The fourth-order valence-corrected chi connectivity index (χ4v) is 3.63. The molecule has 4 rings (SSSR count). The second-order valence-corrected chi connectivity index (χ2v) is 8.81. The van der Waals surface area contributed by atoms with Gasteiger partial charge < -0.3 is 20.8 Å². The van der Waals surface area contributed by atoms with Crippen molar-refractivity contribution < 1.29 is 27.0 Å². The number of para-hydroxylation sites is 2. The zero-order chi connectivity index (χ0) is 26.2. The van der Waals surface area contributed by atoms with E-state index in [1.54, 1.807) is 30.5 Å². The van der Waals surface area contributed by atoms with Crippen LogP contribution in [0.1, 0.15) is 58.1 Å². The van der Waals surface area contributed by atoms with Crippen molar-refractivity contribution in [3.8, 4) is 11.5 Å². The summed E-state index contributed by atoms with van der Waals surface area (Å²) in [5.41, 5.74) is 3.03. The van der Waals surface area contributed by atoms with E-state index in [4.69, 9.17) is 0 Å². The minimum Gasteiger partial charge on any atom is -0.687 e. The number of hydrogen-bond acceptors (Lipinski definition) is 4. The number of phenols is 2. The number of allylic oxidation sites excluding steroid dienone is 2. The first-order valence-corrected chi connectivity index (χ1v) is 12.7. The van der Waals surface area contributed by atoms with E-state index in [0.29, 0.717) is 0 Å². The average molecular weight is 548 g/mol. The molecule has 2 aliphatic rings. The number of aromatic hydroxyl groups is 2.